The molecule has 0 saturated heterocycles. The van der Waals surface area contributed by atoms with Crippen molar-refractivity contribution < 1.29 is 5.11 Å². The Hall–Kier alpha value is -0.300. The minimum Gasteiger partial charge on any atom is -0.393 e. The largest absolute Gasteiger partial charge is 0.393 e. The van der Waals surface area contributed by atoms with Crippen molar-refractivity contribution in [2.75, 3.05) is 0 Å². The summed E-state index contributed by atoms with van der Waals surface area (Å²) in [6.45, 7) is 4.98. The molecule has 3 saturated carbocycles. The van der Waals surface area contributed by atoms with Crippen LogP contribution in [0, 0.1) is 34.5 Å². The van der Waals surface area contributed by atoms with E-state index in [1.54, 1.807) is 0 Å². The van der Waals surface area contributed by atoms with E-state index >= 15 is 0 Å². The van der Waals surface area contributed by atoms with Gasteiger partial charge < -0.3 is 5.11 Å². The van der Waals surface area contributed by atoms with E-state index in [1.165, 1.54) is 44.9 Å². The molecule has 0 aromatic rings. The summed E-state index contributed by atoms with van der Waals surface area (Å²) in [6, 6.07) is 0. The van der Waals surface area contributed by atoms with Gasteiger partial charge in [0.15, 0.2) is 0 Å². The highest BCUT2D eigenvalue weighted by atomic mass is 16.3. The van der Waals surface area contributed by atoms with E-state index in [4.69, 9.17) is 0 Å². The number of fused-ring (bicyclic) bond motifs is 5. The van der Waals surface area contributed by atoms with Crippen LogP contribution in [0.5, 0.6) is 0 Å². The number of rotatable bonds is 0. The molecule has 1 heteroatoms. The van der Waals surface area contributed by atoms with Gasteiger partial charge in [0.1, 0.15) is 0 Å². The van der Waals surface area contributed by atoms with E-state index in [9.17, 15) is 5.11 Å². The summed E-state index contributed by atoms with van der Waals surface area (Å²) >= 11 is 0. The normalized spacial score (nSPS) is 57.9. The van der Waals surface area contributed by atoms with E-state index in [0.29, 0.717) is 5.41 Å². The zero-order valence-electron chi connectivity index (χ0n) is 13.1. The monoisotopic (exact) mass is 274 g/mol. The lowest BCUT2D eigenvalue weighted by molar-refractivity contribution is -0.108. The van der Waals surface area contributed by atoms with Gasteiger partial charge in [0.2, 0.25) is 0 Å². The molecular formula is C19H30O. The van der Waals surface area contributed by atoms with Crippen molar-refractivity contribution in [3.63, 3.8) is 0 Å². The Morgan fingerprint density at radius 2 is 1.70 bits per heavy atom. The van der Waals surface area contributed by atoms with Gasteiger partial charge in [0.05, 0.1) is 6.10 Å². The van der Waals surface area contributed by atoms with Crippen molar-refractivity contribution in [1.29, 1.82) is 0 Å². The lowest BCUT2D eigenvalue weighted by Crippen LogP contribution is -2.52. The maximum Gasteiger partial charge on any atom is 0.0596 e. The molecule has 0 heterocycles. The van der Waals surface area contributed by atoms with Crippen LogP contribution in [-0.2, 0) is 0 Å². The smallest absolute Gasteiger partial charge is 0.0596 e. The molecule has 0 amide bonds. The van der Waals surface area contributed by atoms with Crippen molar-refractivity contribution >= 4 is 0 Å². The van der Waals surface area contributed by atoms with Gasteiger partial charge in [-0.05, 0) is 85.9 Å². The van der Waals surface area contributed by atoms with Gasteiger partial charge in [0.25, 0.3) is 0 Å². The quantitative estimate of drug-likeness (QED) is 0.642. The predicted molar refractivity (Wildman–Crippen MR) is 82.3 cm³/mol. The van der Waals surface area contributed by atoms with E-state index < -0.39 is 0 Å². The summed E-state index contributed by atoms with van der Waals surface area (Å²) < 4.78 is 0. The first-order valence-electron chi connectivity index (χ1n) is 8.89. The Balaban J connectivity index is 1.66. The second-order valence-corrected chi connectivity index (χ2v) is 8.71. The molecule has 112 valence electrons. The maximum atomic E-state index is 10.5. The molecule has 0 aromatic heterocycles. The molecule has 20 heavy (non-hydrogen) atoms. The highest BCUT2D eigenvalue weighted by Gasteiger charge is 2.59. The first-order chi connectivity index (χ1) is 9.56. The minimum atomic E-state index is -0.0229. The average molecular weight is 274 g/mol. The van der Waals surface area contributed by atoms with Crippen molar-refractivity contribution in [3.05, 3.63) is 12.2 Å². The number of hydrogen-bond donors (Lipinski definition) is 1. The molecule has 1 nitrogen and oxygen atoms in total. The first kappa shape index (κ1) is 13.4. The molecule has 0 bridgehead atoms. The molecule has 4 aliphatic rings. The average Bonchev–Trinajstić information content (AvgIpc) is 2.74. The van der Waals surface area contributed by atoms with Gasteiger partial charge in [-0.1, -0.05) is 26.0 Å². The van der Waals surface area contributed by atoms with Crippen LogP contribution in [0.25, 0.3) is 0 Å². The molecule has 0 unspecified atom stereocenters. The van der Waals surface area contributed by atoms with Gasteiger partial charge in [0, 0.05) is 0 Å². The van der Waals surface area contributed by atoms with Crippen molar-refractivity contribution in [3.8, 4) is 0 Å². The third kappa shape index (κ3) is 1.59. The highest BCUT2D eigenvalue weighted by molar-refractivity contribution is 5.12. The van der Waals surface area contributed by atoms with Crippen molar-refractivity contribution in [2.45, 2.75) is 71.3 Å². The number of allylic oxidation sites excluding steroid dienone is 2. The molecular weight excluding hydrogens is 244 g/mol. The minimum absolute atomic E-state index is 0.0229. The number of hydrogen-bond acceptors (Lipinski definition) is 1. The lowest BCUT2D eigenvalue weighted by atomic mass is 9.46. The summed E-state index contributed by atoms with van der Waals surface area (Å²) in [7, 11) is 0. The Morgan fingerprint density at radius 3 is 2.55 bits per heavy atom. The van der Waals surface area contributed by atoms with Gasteiger partial charge in [-0.3, -0.25) is 0 Å². The molecule has 3 fully saturated rings. The van der Waals surface area contributed by atoms with E-state index in [-0.39, 0.29) is 11.5 Å². The van der Waals surface area contributed by atoms with Crippen LogP contribution in [0.3, 0.4) is 0 Å². The summed E-state index contributed by atoms with van der Waals surface area (Å²) in [5.41, 5.74) is 0.807. The zero-order chi connectivity index (χ0) is 14.0. The number of aliphatic hydroxyl groups is 1. The molecule has 4 rings (SSSR count). The van der Waals surface area contributed by atoms with Crippen LogP contribution in [-0.4, -0.2) is 11.2 Å². The molecule has 4 aliphatic carbocycles. The molecule has 0 spiro atoms. The number of aliphatic hydroxyl groups excluding tert-OH is 1. The van der Waals surface area contributed by atoms with Gasteiger partial charge >= 0.3 is 0 Å². The second kappa shape index (κ2) is 4.35. The Kier molecular flexibility index (Phi) is 2.91. The molecule has 0 aromatic carbocycles. The standard InChI is InChI=1S/C19H30O/c1-18-11-4-3-5-13(18)6-7-14-15-8-9-17(20)19(15,2)12-10-16(14)18/h3-4,13-17,20H,5-12H2,1-2H3/t13-,14+,15+,16+,17-,18+,19+/m1/s1. The topological polar surface area (TPSA) is 20.2 Å². The van der Waals surface area contributed by atoms with Crippen molar-refractivity contribution in [2.24, 2.45) is 34.5 Å². The van der Waals surface area contributed by atoms with E-state index in [0.717, 1.165) is 30.1 Å². The first-order valence-corrected chi connectivity index (χ1v) is 8.89. The third-order valence-electron chi connectivity index (χ3n) is 8.16. The summed E-state index contributed by atoms with van der Waals surface area (Å²) in [5.74, 6) is 3.57. The van der Waals surface area contributed by atoms with Crippen LogP contribution < -0.4 is 0 Å². The van der Waals surface area contributed by atoms with Crippen LogP contribution in [0.1, 0.15) is 65.2 Å². The summed E-state index contributed by atoms with van der Waals surface area (Å²) in [5, 5.41) is 10.5. The Labute approximate surface area is 123 Å². The highest BCUT2D eigenvalue weighted by Crippen LogP contribution is 2.65. The Morgan fingerprint density at radius 1 is 0.900 bits per heavy atom. The lowest BCUT2D eigenvalue weighted by Gasteiger charge is -2.59. The maximum absolute atomic E-state index is 10.5. The SMILES string of the molecule is C[C@]12CC=CC[C@@H]1CC[C@@H]1[C@@H]2CC[C@]2(C)[C@H](O)CC[C@@H]12. The fourth-order valence-corrected chi connectivity index (χ4v) is 6.81. The molecule has 7 atom stereocenters. The summed E-state index contributed by atoms with van der Waals surface area (Å²) in [4.78, 5) is 0. The fraction of sp³-hybridized carbons (Fsp3) is 0.895. The van der Waals surface area contributed by atoms with Crippen LogP contribution in [0.15, 0.2) is 12.2 Å². The van der Waals surface area contributed by atoms with Gasteiger partial charge in [-0.25, -0.2) is 0 Å². The Bertz CT molecular complexity index is 427. The van der Waals surface area contributed by atoms with E-state index in [1.807, 2.05) is 0 Å². The van der Waals surface area contributed by atoms with Crippen molar-refractivity contribution in [1.82, 2.24) is 0 Å². The second-order valence-electron chi connectivity index (χ2n) is 8.71. The van der Waals surface area contributed by atoms with Crippen LogP contribution in [0.2, 0.25) is 0 Å². The third-order valence-corrected chi connectivity index (χ3v) is 8.16. The summed E-state index contributed by atoms with van der Waals surface area (Å²) in [6.07, 6.45) is 15.4. The van der Waals surface area contributed by atoms with Gasteiger partial charge in [-0.15, -0.1) is 0 Å². The van der Waals surface area contributed by atoms with Gasteiger partial charge in [-0.2, -0.15) is 0 Å². The zero-order valence-corrected chi connectivity index (χ0v) is 13.1. The fourth-order valence-electron chi connectivity index (χ4n) is 6.81. The predicted octanol–water partition coefficient (Wildman–Crippen LogP) is 4.56. The molecule has 0 radical (unpaired) electrons. The van der Waals surface area contributed by atoms with Crippen LogP contribution in [0.4, 0.5) is 0 Å². The van der Waals surface area contributed by atoms with Crippen LogP contribution >= 0.6 is 0 Å². The van der Waals surface area contributed by atoms with E-state index in [2.05, 4.69) is 26.0 Å². The molecule has 0 aliphatic heterocycles. The molecule has 1 N–H and O–H groups in total.